The van der Waals surface area contributed by atoms with E-state index in [1.807, 2.05) is 56.3 Å². The predicted octanol–water partition coefficient (Wildman–Crippen LogP) is 5.78. The lowest BCUT2D eigenvalue weighted by Crippen LogP contribution is -2.25. The molecule has 8 heteroatoms. The highest BCUT2D eigenvalue weighted by Crippen LogP contribution is 2.33. The Balaban J connectivity index is 1.34. The molecule has 2 aromatic heterocycles. The number of nitrogens with one attached hydrogen (secondary N) is 1. The minimum atomic E-state index is -0.207. The van der Waals surface area contributed by atoms with Crippen LogP contribution in [0.2, 0.25) is 0 Å². The first-order valence-corrected chi connectivity index (χ1v) is 12.3. The van der Waals surface area contributed by atoms with Gasteiger partial charge in [0.15, 0.2) is 10.1 Å². The monoisotopic (exact) mass is 467 g/mol. The second-order valence-electron chi connectivity index (χ2n) is 7.31. The fraction of sp³-hybridized carbons (Fsp3) is 0.292. The first-order chi connectivity index (χ1) is 15.6. The van der Waals surface area contributed by atoms with Gasteiger partial charge in [0.2, 0.25) is 0 Å². The zero-order valence-corrected chi connectivity index (χ0v) is 19.7. The van der Waals surface area contributed by atoms with Crippen molar-refractivity contribution in [3.63, 3.8) is 0 Å². The first-order valence-electron chi connectivity index (χ1n) is 10.5. The second-order valence-corrected chi connectivity index (χ2v) is 9.72. The van der Waals surface area contributed by atoms with Gasteiger partial charge in [0.25, 0.3) is 5.91 Å². The molecule has 0 aliphatic heterocycles. The van der Waals surface area contributed by atoms with Crippen molar-refractivity contribution in [1.29, 1.82) is 0 Å². The summed E-state index contributed by atoms with van der Waals surface area (Å²) in [5.74, 6) is 0.742. The number of thioether (sulfide) groups is 1. The number of aryl methyl sites for hydroxylation is 1. The minimum Gasteiger partial charge on any atom is -0.451 e. The molecule has 2 aromatic carbocycles. The van der Waals surface area contributed by atoms with Crippen LogP contribution in [0.15, 0.2) is 63.4 Å². The van der Waals surface area contributed by atoms with Crippen molar-refractivity contribution in [2.75, 3.05) is 13.2 Å². The van der Waals surface area contributed by atoms with E-state index in [0.717, 1.165) is 32.3 Å². The van der Waals surface area contributed by atoms with Gasteiger partial charge in [0, 0.05) is 29.9 Å². The number of rotatable bonds is 10. The van der Waals surface area contributed by atoms with Crippen LogP contribution in [0, 0.1) is 6.92 Å². The lowest BCUT2D eigenvalue weighted by Gasteiger charge is -2.13. The van der Waals surface area contributed by atoms with Crippen molar-refractivity contribution < 1.29 is 13.9 Å². The number of amides is 1. The molecule has 2 heterocycles. The Morgan fingerprint density at radius 3 is 2.72 bits per heavy atom. The van der Waals surface area contributed by atoms with Crippen molar-refractivity contribution in [1.82, 2.24) is 15.5 Å². The van der Waals surface area contributed by atoms with Crippen LogP contribution in [0.5, 0.6) is 0 Å². The molecule has 166 valence electrons. The number of carbonyl (C=O) groups excluding carboxylic acids is 1. The maximum Gasteiger partial charge on any atom is 0.287 e. The molecule has 0 saturated carbocycles. The lowest BCUT2D eigenvalue weighted by molar-refractivity contribution is 0.0633. The van der Waals surface area contributed by atoms with Gasteiger partial charge in [0.05, 0.1) is 6.10 Å². The Hall–Kier alpha value is -2.68. The molecule has 6 nitrogen and oxygen atoms in total. The third-order valence-electron chi connectivity index (χ3n) is 5.00. The highest BCUT2D eigenvalue weighted by molar-refractivity contribution is 8.00. The summed E-state index contributed by atoms with van der Waals surface area (Å²) in [6.45, 7) is 5.04. The van der Waals surface area contributed by atoms with Crippen LogP contribution in [0.25, 0.3) is 11.0 Å². The third-order valence-corrected chi connectivity index (χ3v) is 6.99. The van der Waals surface area contributed by atoms with Crippen LogP contribution < -0.4 is 5.32 Å². The molecule has 1 atom stereocenters. The summed E-state index contributed by atoms with van der Waals surface area (Å²) >= 11 is 3.11. The fourth-order valence-corrected chi connectivity index (χ4v) is 5.17. The Morgan fingerprint density at radius 1 is 1.16 bits per heavy atom. The van der Waals surface area contributed by atoms with E-state index >= 15 is 0 Å². The van der Waals surface area contributed by atoms with Crippen molar-refractivity contribution in [3.8, 4) is 0 Å². The van der Waals surface area contributed by atoms with Gasteiger partial charge >= 0.3 is 0 Å². The van der Waals surface area contributed by atoms with Crippen molar-refractivity contribution in [2.24, 2.45) is 0 Å². The van der Waals surface area contributed by atoms with Crippen molar-refractivity contribution in [2.45, 2.75) is 36.5 Å². The van der Waals surface area contributed by atoms with E-state index in [4.69, 9.17) is 9.15 Å². The van der Waals surface area contributed by atoms with E-state index in [9.17, 15) is 4.79 Å². The summed E-state index contributed by atoms with van der Waals surface area (Å²) in [5, 5.41) is 13.1. The van der Waals surface area contributed by atoms with Crippen LogP contribution in [-0.2, 0) is 10.5 Å². The van der Waals surface area contributed by atoms with E-state index in [2.05, 4.69) is 27.6 Å². The van der Waals surface area contributed by atoms with E-state index in [1.54, 1.807) is 23.1 Å². The minimum absolute atomic E-state index is 0.0230. The Kier molecular flexibility index (Phi) is 7.57. The fourth-order valence-electron chi connectivity index (χ4n) is 3.33. The van der Waals surface area contributed by atoms with E-state index < -0.39 is 0 Å². The SMILES string of the molecule is Cc1nnc(SCc2c(C(=O)NCCCOC(C)c3ccccc3)oc3ccccc23)s1. The number of fused-ring (bicyclic) bond motifs is 1. The van der Waals surface area contributed by atoms with Crippen molar-refractivity contribution >= 4 is 40.0 Å². The van der Waals surface area contributed by atoms with E-state index in [1.165, 1.54) is 0 Å². The predicted molar refractivity (Wildman–Crippen MR) is 128 cm³/mol. The number of carbonyl (C=O) groups is 1. The highest BCUT2D eigenvalue weighted by atomic mass is 32.2. The molecule has 0 aliphatic rings. The van der Waals surface area contributed by atoms with Gasteiger partial charge in [-0.3, -0.25) is 4.79 Å². The van der Waals surface area contributed by atoms with Gasteiger partial charge in [-0.05, 0) is 31.9 Å². The maximum atomic E-state index is 12.9. The summed E-state index contributed by atoms with van der Waals surface area (Å²) in [6, 6.07) is 17.8. The van der Waals surface area contributed by atoms with Crippen LogP contribution in [0.3, 0.4) is 0 Å². The van der Waals surface area contributed by atoms with Crippen LogP contribution in [-0.4, -0.2) is 29.3 Å². The van der Waals surface area contributed by atoms with Gasteiger partial charge in [-0.15, -0.1) is 10.2 Å². The number of nitrogens with zero attached hydrogens (tertiary/aromatic N) is 2. The van der Waals surface area contributed by atoms with E-state index in [0.29, 0.717) is 30.2 Å². The van der Waals surface area contributed by atoms with Gasteiger partial charge in [-0.1, -0.05) is 71.6 Å². The molecule has 1 amide bonds. The number of hydrogen-bond acceptors (Lipinski definition) is 7. The quantitative estimate of drug-likeness (QED) is 0.235. The summed E-state index contributed by atoms with van der Waals surface area (Å²) in [5.41, 5.74) is 2.73. The summed E-state index contributed by atoms with van der Waals surface area (Å²) in [6.07, 6.45) is 0.743. The molecule has 1 unspecified atom stereocenters. The average Bonchev–Trinajstić information content (AvgIpc) is 3.40. The molecule has 0 spiro atoms. The molecule has 32 heavy (non-hydrogen) atoms. The number of hydrogen-bond donors (Lipinski definition) is 1. The first kappa shape index (κ1) is 22.5. The third kappa shape index (κ3) is 5.56. The normalized spacial score (nSPS) is 12.2. The summed E-state index contributed by atoms with van der Waals surface area (Å²) < 4.78 is 12.7. The number of benzene rings is 2. The summed E-state index contributed by atoms with van der Waals surface area (Å²) in [7, 11) is 0. The zero-order valence-electron chi connectivity index (χ0n) is 18.0. The van der Waals surface area contributed by atoms with Crippen molar-refractivity contribution in [3.05, 3.63) is 76.5 Å². The van der Waals surface area contributed by atoms with Gasteiger partial charge < -0.3 is 14.5 Å². The molecular weight excluding hydrogens is 442 g/mol. The van der Waals surface area contributed by atoms with Gasteiger partial charge in [-0.25, -0.2) is 0 Å². The molecule has 0 bridgehead atoms. The Bertz CT molecular complexity index is 1170. The standard InChI is InChI=1S/C24H25N3O3S2/c1-16(18-9-4-3-5-10-18)29-14-8-13-25-23(28)22-20(15-31-24-27-26-17(2)32-24)19-11-6-7-12-21(19)30-22/h3-7,9-12,16H,8,13-15H2,1-2H3,(H,25,28). The molecule has 4 rings (SSSR count). The largest absolute Gasteiger partial charge is 0.451 e. The zero-order chi connectivity index (χ0) is 22.3. The topological polar surface area (TPSA) is 77.2 Å². The Labute approximate surface area is 195 Å². The lowest BCUT2D eigenvalue weighted by atomic mass is 10.1. The van der Waals surface area contributed by atoms with Gasteiger partial charge in [0.1, 0.15) is 10.6 Å². The number of ether oxygens (including phenoxy) is 1. The molecule has 0 fully saturated rings. The average molecular weight is 468 g/mol. The Morgan fingerprint density at radius 2 is 1.94 bits per heavy atom. The maximum absolute atomic E-state index is 12.9. The number of furan rings is 1. The van der Waals surface area contributed by atoms with Crippen LogP contribution in [0.4, 0.5) is 0 Å². The van der Waals surface area contributed by atoms with Gasteiger partial charge in [-0.2, -0.15) is 0 Å². The van der Waals surface area contributed by atoms with E-state index in [-0.39, 0.29) is 12.0 Å². The molecule has 1 N–H and O–H groups in total. The van der Waals surface area contributed by atoms with Crippen LogP contribution >= 0.6 is 23.1 Å². The summed E-state index contributed by atoms with van der Waals surface area (Å²) in [4.78, 5) is 12.9. The molecular formula is C24H25N3O3S2. The smallest absolute Gasteiger partial charge is 0.287 e. The second kappa shape index (κ2) is 10.8. The molecule has 0 aliphatic carbocycles. The number of para-hydroxylation sites is 1. The molecule has 4 aromatic rings. The highest BCUT2D eigenvalue weighted by Gasteiger charge is 2.21. The molecule has 0 radical (unpaired) electrons. The van der Waals surface area contributed by atoms with Crippen LogP contribution in [0.1, 0.15) is 46.1 Å². The number of aromatic nitrogens is 2. The molecule has 0 saturated heterocycles.